The third-order valence-electron chi connectivity index (χ3n) is 4.11. The van der Waals surface area contributed by atoms with E-state index in [1.165, 1.54) is 18.3 Å². The highest BCUT2D eigenvalue weighted by molar-refractivity contribution is 7.15. The van der Waals surface area contributed by atoms with E-state index in [0.29, 0.717) is 34.4 Å². The Morgan fingerprint density at radius 1 is 1.50 bits per heavy atom. The molecule has 0 radical (unpaired) electrons. The number of nitrogens with zero attached hydrogens (tertiary/aromatic N) is 4. The van der Waals surface area contributed by atoms with Gasteiger partial charge >= 0.3 is 0 Å². The van der Waals surface area contributed by atoms with Gasteiger partial charge in [-0.05, 0) is 19.3 Å². The second-order valence-corrected chi connectivity index (χ2v) is 7.31. The zero-order chi connectivity index (χ0) is 17.3. The number of thiazole rings is 1. The summed E-state index contributed by atoms with van der Waals surface area (Å²) in [4.78, 5) is 21.8. The van der Waals surface area contributed by atoms with Gasteiger partial charge in [0.05, 0.1) is 4.88 Å². The molecule has 1 aliphatic heterocycles. The molecule has 2 aromatic rings. The lowest BCUT2D eigenvalue weighted by Crippen LogP contribution is -2.26. The Hall–Kier alpha value is -1.87. The van der Waals surface area contributed by atoms with Crippen LogP contribution >= 0.6 is 11.3 Å². The monoisotopic (exact) mass is 353 g/mol. The smallest absolute Gasteiger partial charge is 0.230 e. The predicted molar refractivity (Wildman–Crippen MR) is 87.1 cm³/mol. The van der Waals surface area contributed by atoms with E-state index in [4.69, 9.17) is 4.52 Å². The second-order valence-electron chi connectivity index (χ2n) is 6.23. The number of aromatic nitrogens is 3. The molecular weight excluding hydrogens is 333 g/mol. The van der Waals surface area contributed by atoms with Gasteiger partial charge in [0.15, 0.2) is 11.0 Å². The van der Waals surface area contributed by atoms with Gasteiger partial charge in [0.1, 0.15) is 0 Å². The largest absolute Gasteiger partial charge is 0.340 e. The van der Waals surface area contributed by atoms with Crippen molar-refractivity contribution in [1.29, 1.82) is 0 Å². The molecule has 0 unspecified atom stereocenters. The summed E-state index contributed by atoms with van der Waals surface area (Å²) in [5.74, 6) is 0.963. The maximum Gasteiger partial charge on any atom is 0.230 e. The zero-order valence-corrected chi connectivity index (χ0v) is 14.7. The van der Waals surface area contributed by atoms with Crippen LogP contribution in [0.15, 0.2) is 4.52 Å². The molecule has 2 aromatic heterocycles. The fourth-order valence-electron chi connectivity index (χ4n) is 3.09. The minimum absolute atomic E-state index is 0.250. The quantitative estimate of drug-likeness (QED) is 0.888. The molecule has 3 rings (SSSR count). The second kappa shape index (κ2) is 6.94. The van der Waals surface area contributed by atoms with E-state index < -0.39 is 5.95 Å². The van der Waals surface area contributed by atoms with E-state index in [2.05, 4.69) is 32.3 Å². The minimum Gasteiger partial charge on any atom is -0.340 e. The molecule has 0 aromatic carbocycles. The van der Waals surface area contributed by atoms with Gasteiger partial charge in [0, 0.05) is 39.4 Å². The average Bonchev–Trinajstić information content (AvgIpc) is 3.13. The lowest BCUT2D eigenvalue weighted by atomic mass is 10.0. The molecule has 1 amide bonds. The normalized spacial score (nSPS) is 21.3. The van der Waals surface area contributed by atoms with Crippen molar-refractivity contribution in [2.45, 2.75) is 46.2 Å². The van der Waals surface area contributed by atoms with Gasteiger partial charge < -0.3 is 9.84 Å². The van der Waals surface area contributed by atoms with Gasteiger partial charge in [0.2, 0.25) is 17.7 Å². The summed E-state index contributed by atoms with van der Waals surface area (Å²) in [5, 5.41) is 6.78. The van der Waals surface area contributed by atoms with Crippen LogP contribution in [0, 0.1) is 18.8 Å². The third kappa shape index (κ3) is 3.96. The Bertz CT molecular complexity index is 731. The number of amides is 1. The maximum absolute atomic E-state index is 14.0. The molecule has 1 fully saturated rings. The van der Waals surface area contributed by atoms with Crippen LogP contribution in [0.25, 0.3) is 0 Å². The van der Waals surface area contributed by atoms with Crippen LogP contribution < -0.4 is 5.32 Å². The molecule has 1 N–H and O–H groups in total. The van der Waals surface area contributed by atoms with Crippen molar-refractivity contribution < 1.29 is 13.7 Å². The highest BCUT2D eigenvalue weighted by Gasteiger charge is 2.31. The summed E-state index contributed by atoms with van der Waals surface area (Å²) >= 11 is 1.19. The summed E-state index contributed by atoms with van der Waals surface area (Å²) in [6, 6.07) is 0.341. The molecule has 0 aliphatic carbocycles. The highest BCUT2D eigenvalue weighted by Crippen LogP contribution is 2.30. The van der Waals surface area contributed by atoms with Crippen molar-refractivity contribution >= 4 is 22.4 Å². The Morgan fingerprint density at radius 3 is 2.96 bits per heavy atom. The number of carbonyl (C=O) groups is 1. The zero-order valence-electron chi connectivity index (χ0n) is 13.9. The number of anilines is 1. The number of hydrogen-bond acceptors (Lipinski definition) is 7. The first kappa shape index (κ1) is 17.0. The molecule has 7 nitrogen and oxygen atoms in total. The fraction of sp³-hybridized carbons (Fsp3) is 0.600. The number of likely N-dealkylation sites (tertiary alicyclic amines) is 1. The van der Waals surface area contributed by atoms with Crippen LogP contribution in [-0.2, 0) is 17.8 Å². The lowest BCUT2D eigenvalue weighted by Gasteiger charge is -2.19. The number of aryl methyl sites for hydroxylation is 1. The van der Waals surface area contributed by atoms with Crippen LogP contribution in [-0.4, -0.2) is 38.5 Å². The van der Waals surface area contributed by atoms with E-state index in [1.807, 2.05) is 0 Å². The molecule has 0 spiro atoms. The first-order valence-electron chi connectivity index (χ1n) is 7.86. The van der Waals surface area contributed by atoms with E-state index >= 15 is 0 Å². The Morgan fingerprint density at radius 2 is 2.29 bits per heavy atom. The summed E-state index contributed by atoms with van der Waals surface area (Å²) in [7, 11) is 0. The number of carbonyl (C=O) groups excluding carboxylic acids is 1. The van der Waals surface area contributed by atoms with Crippen molar-refractivity contribution in [2.24, 2.45) is 5.92 Å². The van der Waals surface area contributed by atoms with Crippen molar-refractivity contribution in [1.82, 2.24) is 20.0 Å². The van der Waals surface area contributed by atoms with Crippen molar-refractivity contribution in [2.75, 3.05) is 11.9 Å². The van der Waals surface area contributed by atoms with E-state index in [1.54, 1.807) is 6.92 Å². The number of nitrogens with one attached hydrogen (secondary N) is 1. The standard InChI is InChI=1S/C15H20FN5O2S/c1-8-4-11(5-13-18-10(3)23-20-13)6-21(8)7-12-14(16)19-15(24-12)17-9(2)22/h8,11H,4-7H2,1-3H3,(H,17,19,22)/t8-,11+/m0/s1. The Labute approximate surface area is 143 Å². The summed E-state index contributed by atoms with van der Waals surface area (Å²) in [6.07, 6.45) is 1.77. The molecule has 3 heterocycles. The van der Waals surface area contributed by atoms with Crippen LogP contribution in [0.2, 0.25) is 0 Å². The highest BCUT2D eigenvalue weighted by atomic mass is 32.1. The summed E-state index contributed by atoms with van der Waals surface area (Å²) in [6.45, 7) is 6.63. The summed E-state index contributed by atoms with van der Waals surface area (Å²) in [5.41, 5.74) is 0. The first-order chi connectivity index (χ1) is 11.4. The van der Waals surface area contributed by atoms with Crippen LogP contribution in [0.5, 0.6) is 0 Å². The molecule has 1 saturated heterocycles. The van der Waals surface area contributed by atoms with Gasteiger partial charge in [-0.1, -0.05) is 16.5 Å². The molecule has 130 valence electrons. The van der Waals surface area contributed by atoms with Crippen molar-refractivity contribution in [3.05, 3.63) is 22.5 Å². The number of hydrogen-bond donors (Lipinski definition) is 1. The van der Waals surface area contributed by atoms with Crippen LogP contribution in [0.1, 0.15) is 36.9 Å². The topological polar surface area (TPSA) is 84.2 Å². The molecular formula is C15H20FN5O2S. The van der Waals surface area contributed by atoms with Gasteiger partial charge in [-0.2, -0.15) is 14.4 Å². The van der Waals surface area contributed by atoms with Gasteiger partial charge in [-0.15, -0.1) is 0 Å². The molecule has 9 heteroatoms. The first-order valence-corrected chi connectivity index (χ1v) is 8.68. The third-order valence-corrected chi connectivity index (χ3v) is 5.04. The molecule has 0 bridgehead atoms. The molecule has 0 saturated carbocycles. The van der Waals surface area contributed by atoms with Crippen LogP contribution in [0.4, 0.5) is 9.52 Å². The lowest BCUT2D eigenvalue weighted by molar-refractivity contribution is -0.114. The molecule has 2 atom stereocenters. The average molecular weight is 353 g/mol. The number of rotatable bonds is 5. The van der Waals surface area contributed by atoms with E-state index in [9.17, 15) is 9.18 Å². The minimum atomic E-state index is -0.506. The van der Waals surface area contributed by atoms with E-state index in [0.717, 1.165) is 25.2 Å². The van der Waals surface area contributed by atoms with Crippen molar-refractivity contribution in [3.63, 3.8) is 0 Å². The van der Waals surface area contributed by atoms with Gasteiger partial charge in [-0.3, -0.25) is 9.69 Å². The molecule has 1 aliphatic rings. The van der Waals surface area contributed by atoms with Gasteiger partial charge in [0.25, 0.3) is 0 Å². The maximum atomic E-state index is 14.0. The Kier molecular flexibility index (Phi) is 4.91. The predicted octanol–water partition coefficient (Wildman–Crippen LogP) is 2.39. The van der Waals surface area contributed by atoms with E-state index in [-0.39, 0.29) is 5.91 Å². The van der Waals surface area contributed by atoms with Crippen molar-refractivity contribution in [3.8, 4) is 0 Å². The number of halogens is 1. The SMILES string of the molecule is CC(=O)Nc1nc(F)c(CN2C[C@@H](Cc3noc(C)n3)C[C@@H]2C)s1. The molecule has 24 heavy (non-hydrogen) atoms. The van der Waals surface area contributed by atoms with Gasteiger partial charge in [-0.25, -0.2) is 0 Å². The Balaban J connectivity index is 1.61. The summed E-state index contributed by atoms with van der Waals surface area (Å²) < 4.78 is 19.0. The fourth-order valence-corrected chi connectivity index (χ4v) is 4.00. The van der Waals surface area contributed by atoms with Crippen LogP contribution in [0.3, 0.4) is 0 Å².